The normalized spacial score (nSPS) is 16.8. The second-order valence-electron chi connectivity index (χ2n) is 10.1. The van der Waals surface area contributed by atoms with Crippen molar-refractivity contribution >= 4 is 17.5 Å². The first-order valence-electron chi connectivity index (χ1n) is 11.4. The van der Waals surface area contributed by atoms with Crippen LogP contribution in [-0.2, 0) is 0 Å². The van der Waals surface area contributed by atoms with Gasteiger partial charge in [0.05, 0.1) is 10.7 Å². The number of hydrogen-bond donors (Lipinski definition) is 2. The molecule has 0 spiro atoms. The smallest absolute Gasteiger partial charge is 0.251 e. The second kappa shape index (κ2) is 9.65. The summed E-state index contributed by atoms with van der Waals surface area (Å²) < 4.78 is 5.99. The van der Waals surface area contributed by atoms with E-state index in [2.05, 4.69) is 54.4 Å². The lowest BCUT2D eigenvalue weighted by Crippen LogP contribution is -2.62. The van der Waals surface area contributed by atoms with Gasteiger partial charge in [-0.2, -0.15) is 5.26 Å². The minimum atomic E-state index is -0.180. The van der Waals surface area contributed by atoms with Crippen LogP contribution in [0.1, 0.15) is 56.5 Å². The molecule has 1 aromatic heterocycles. The molecule has 1 fully saturated rings. The Morgan fingerprint density at radius 1 is 1.14 bits per heavy atom. The number of aromatic nitrogens is 2. The van der Waals surface area contributed by atoms with Gasteiger partial charge in [0.15, 0.2) is 0 Å². The molecule has 2 heterocycles. The van der Waals surface area contributed by atoms with Crippen LogP contribution in [0.25, 0.3) is 11.3 Å². The lowest BCUT2D eigenvalue weighted by atomic mass is 9.79. The van der Waals surface area contributed by atoms with Crippen LogP contribution >= 0.6 is 11.6 Å². The van der Waals surface area contributed by atoms with E-state index in [0.29, 0.717) is 33.9 Å². The molecule has 1 amide bonds. The van der Waals surface area contributed by atoms with Gasteiger partial charge in [0, 0.05) is 34.4 Å². The molecule has 1 aliphatic heterocycles. The molecule has 0 saturated carbocycles. The molecule has 0 radical (unpaired) electrons. The molecule has 0 unspecified atom stereocenters. The summed E-state index contributed by atoms with van der Waals surface area (Å²) in [5.41, 5.74) is 1.88. The number of nitrogens with zero attached hydrogens (tertiary/aromatic N) is 3. The summed E-state index contributed by atoms with van der Waals surface area (Å²) in [5, 5.41) is 16.8. The molecular formula is C27H28ClN5O2. The van der Waals surface area contributed by atoms with Gasteiger partial charge in [-0.25, -0.2) is 9.97 Å². The van der Waals surface area contributed by atoms with Crippen LogP contribution in [0.2, 0.25) is 5.02 Å². The maximum atomic E-state index is 13.0. The quantitative estimate of drug-likeness (QED) is 0.490. The van der Waals surface area contributed by atoms with Crippen molar-refractivity contribution in [2.75, 3.05) is 0 Å². The lowest BCUT2D eigenvalue weighted by molar-refractivity contribution is 0.0873. The van der Waals surface area contributed by atoms with E-state index in [0.717, 1.165) is 12.8 Å². The Bertz CT molecular complexity index is 1270. The average molecular weight is 490 g/mol. The van der Waals surface area contributed by atoms with Crippen molar-refractivity contribution in [2.24, 2.45) is 0 Å². The Kier molecular flexibility index (Phi) is 6.79. The van der Waals surface area contributed by atoms with Gasteiger partial charge in [0.1, 0.15) is 29.5 Å². The number of hydrogen-bond acceptors (Lipinski definition) is 6. The van der Waals surface area contributed by atoms with Gasteiger partial charge >= 0.3 is 0 Å². The SMILES string of the molecule is CC1(C)CC(NC(=O)c2ccc(Oc3cccc(-c4ccncn4)c3C#N)c(Cl)c2)CC(C)(C)N1. The zero-order chi connectivity index (χ0) is 25.2. The maximum Gasteiger partial charge on any atom is 0.251 e. The van der Waals surface area contributed by atoms with Gasteiger partial charge in [-0.15, -0.1) is 0 Å². The summed E-state index contributed by atoms with van der Waals surface area (Å²) in [5.74, 6) is 0.519. The Morgan fingerprint density at radius 2 is 1.89 bits per heavy atom. The van der Waals surface area contributed by atoms with Crippen molar-refractivity contribution < 1.29 is 9.53 Å². The molecule has 180 valence electrons. The number of ether oxygens (including phenoxy) is 1. The second-order valence-corrected chi connectivity index (χ2v) is 10.5. The lowest BCUT2D eigenvalue weighted by Gasteiger charge is -2.46. The first-order chi connectivity index (χ1) is 16.6. The van der Waals surface area contributed by atoms with Crippen LogP contribution in [0, 0.1) is 11.3 Å². The van der Waals surface area contributed by atoms with Crippen LogP contribution < -0.4 is 15.4 Å². The Labute approximate surface area is 210 Å². The molecule has 1 saturated heterocycles. The summed E-state index contributed by atoms with van der Waals surface area (Å²) in [7, 11) is 0. The van der Waals surface area contributed by atoms with E-state index in [1.54, 1.807) is 48.7 Å². The molecule has 35 heavy (non-hydrogen) atoms. The molecular weight excluding hydrogens is 462 g/mol. The van der Waals surface area contributed by atoms with Crippen molar-refractivity contribution in [1.29, 1.82) is 5.26 Å². The number of piperidine rings is 1. The third-order valence-corrected chi connectivity index (χ3v) is 6.23. The van der Waals surface area contributed by atoms with E-state index in [9.17, 15) is 10.1 Å². The predicted octanol–water partition coefficient (Wildman–Crippen LogP) is 5.50. The van der Waals surface area contributed by atoms with Crippen molar-refractivity contribution in [3.8, 4) is 28.8 Å². The van der Waals surface area contributed by atoms with E-state index < -0.39 is 0 Å². The Hall–Kier alpha value is -3.47. The van der Waals surface area contributed by atoms with Crippen molar-refractivity contribution in [2.45, 2.75) is 57.7 Å². The number of nitriles is 1. The number of benzene rings is 2. The first-order valence-corrected chi connectivity index (χ1v) is 11.8. The molecule has 8 heteroatoms. The van der Waals surface area contributed by atoms with Gasteiger partial charge in [-0.3, -0.25) is 4.79 Å². The molecule has 2 aromatic carbocycles. The molecule has 3 aromatic rings. The van der Waals surface area contributed by atoms with Crippen molar-refractivity contribution in [3.63, 3.8) is 0 Å². The highest BCUT2D eigenvalue weighted by atomic mass is 35.5. The first kappa shape index (κ1) is 24.6. The van der Waals surface area contributed by atoms with Gasteiger partial charge in [0.25, 0.3) is 5.91 Å². The molecule has 0 aliphatic carbocycles. The van der Waals surface area contributed by atoms with E-state index in [-0.39, 0.29) is 28.0 Å². The van der Waals surface area contributed by atoms with Gasteiger partial charge in [0.2, 0.25) is 0 Å². The van der Waals surface area contributed by atoms with E-state index in [1.165, 1.54) is 6.33 Å². The van der Waals surface area contributed by atoms with Crippen LogP contribution in [0.4, 0.5) is 0 Å². The minimum Gasteiger partial charge on any atom is -0.454 e. The van der Waals surface area contributed by atoms with E-state index >= 15 is 0 Å². The summed E-state index contributed by atoms with van der Waals surface area (Å²) in [6, 6.07) is 14.2. The molecule has 0 bridgehead atoms. The molecule has 4 rings (SSSR count). The minimum absolute atomic E-state index is 0.0474. The number of rotatable bonds is 5. The van der Waals surface area contributed by atoms with Gasteiger partial charge in [-0.05, 0) is 70.9 Å². The zero-order valence-corrected chi connectivity index (χ0v) is 21.0. The predicted molar refractivity (Wildman–Crippen MR) is 135 cm³/mol. The molecule has 0 atom stereocenters. The summed E-state index contributed by atoms with van der Waals surface area (Å²) in [4.78, 5) is 21.1. The number of carbonyl (C=O) groups excluding carboxylic acids is 1. The third kappa shape index (κ3) is 5.79. The number of amides is 1. The maximum absolute atomic E-state index is 13.0. The largest absolute Gasteiger partial charge is 0.454 e. The summed E-state index contributed by atoms with van der Waals surface area (Å²) in [6.45, 7) is 8.58. The monoisotopic (exact) mass is 489 g/mol. The Balaban J connectivity index is 1.53. The van der Waals surface area contributed by atoms with E-state index in [1.807, 2.05) is 0 Å². The highest BCUT2D eigenvalue weighted by molar-refractivity contribution is 6.32. The molecule has 2 N–H and O–H groups in total. The summed E-state index contributed by atoms with van der Waals surface area (Å²) >= 11 is 6.49. The fraction of sp³-hybridized carbons (Fsp3) is 0.333. The number of halogens is 1. The highest BCUT2D eigenvalue weighted by Crippen LogP contribution is 2.35. The van der Waals surface area contributed by atoms with Gasteiger partial charge in [-0.1, -0.05) is 23.7 Å². The average Bonchev–Trinajstić information content (AvgIpc) is 2.78. The number of carbonyl (C=O) groups is 1. The van der Waals surface area contributed by atoms with Crippen molar-refractivity contribution in [3.05, 3.63) is 71.1 Å². The fourth-order valence-corrected chi connectivity index (χ4v) is 5.15. The van der Waals surface area contributed by atoms with Gasteiger partial charge < -0.3 is 15.4 Å². The number of nitrogens with one attached hydrogen (secondary N) is 2. The molecule has 1 aliphatic rings. The van der Waals surface area contributed by atoms with Crippen LogP contribution in [0.5, 0.6) is 11.5 Å². The summed E-state index contributed by atoms with van der Waals surface area (Å²) in [6.07, 6.45) is 4.70. The highest BCUT2D eigenvalue weighted by Gasteiger charge is 2.38. The van der Waals surface area contributed by atoms with Crippen LogP contribution in [-0.4, -0.2) is 33.0 Å². The van der Waals surface area contributed by atoms with Crippen LogP contribution in [0.15, 0.2) is 55.0 Å². The van der Waals surface area contributed by atoms with Crippen LogP contribution in [0.3, 0.4) is 0 Å². The fourth-order valence-electron chi connectivity index (χ4n) is 4.93. The van der Waals surface area contributed by atoms with E-state index in [4.69, 9.17) is 16.3 Å². The standard InChI is InChI=1S/C27H28ClN5O2/c1-26(2)13-18(14-27(3,4)33-26)32-25(34)17-8-9-24(21(28)12-17)35-23-7-5-6-19(20(23)15-29)22-10-11-30-16-31-22/h5-12,16,18,33H,13-14H2,1-4H3,(H,32,34). The Morgan fingerprint density at radius 3 is 2.51 bits per heavy atom. The molecule has 7 nitrogen and oxygen atoms in total. The van der Waals surface area contributed by atoms with Crippen molar-refractivity contribution in [1.82, 2.24) is 20.6 Å². The third-order valence-electron chi connectivity index (χ3n) is 5.94. The topological polar surface area (TPSA) is 99.9 Å². The zero-order valence-electron chi connectivity index (χ0n) is 20.2.